The molecular weight excluding hydrogens is 435 g/mol. The van der Waals surface area contributed by atoms with E-state index < -0.39 is 0 Å². The van der Waals surface area contributed by atoms with Gasteiger partial charge in [-0.15, -0.1) is 11.3 Å². The van der Waals surface area contributed by atoms with Gasteiger partial charge in [0.1, 0.15) is 12.4 Å². The first-order valence-corrected chi connectivity index (χ1v) is 12.3. The zero-order chi connectivity index (χ0) is 23.4. The Morgan fingerprint density at radius 2 is 1.64 bits per heavy atom. The van der Waals surface area contributed by atoms with E-state index in [2.05, 4.69) is 6.92 Å². The lowest BCUT2D eigenvalue weighted by Crippen LogP contribution is -2.43. The topological polar surface area (TPSA) is 40.6 Å². The van der Waals surface area contributed by atoms with E-state index >= 15 is 0 Å². The van der Waals surface area contributed by atoms with Gasteiger partial charge in [0.15, 0.2) is 0 Å². The van der Waals surface area contributed by atoms with Gasteiger partial charge in [-0.05, 0) is 78.6 Å². The molecular formula is C27H29FN2O2S. The summed E-state index contributed by atoms with van der Waals surface area (Å²) in [4.78, 5) is 31.4. The van der Waals surface area contributed by atoms with Crippen molar-refractivity contribution in [1.82, 2.24) is 9.80 Å². The van der Waals surface area contributed by atoms with E-state index in [1.54, 1.807) is 33.3 Å². The quantitative estimate of drug-likeness (QED) is 0.414. The first-order valence-electron chi connectivity index (χ1n) is 11.4. The van der Waals surface area contributed by atoms with Crippen molar-refractivity contribution in [3.8, 4) is 0 Å². The van der Waals surface area contributed by atoms with Gasteiger partial charge in [0.05, 0.1) is 6.54 Å². The molecule has 2 amide bonds. The van der Waals surface area contributed by atoms with Crippen molar-refractivity contribution in [2.24, 2.45) is 0 Å². The summed E-state index contributed by atoms with van der Waals surface area (Å²) in [5, 5.41) is 2.02. The van der Waals surface area contributed by atoms with Crippen LogP contribution in [0, 0.1) is 12.7 Å². The second-order valence-electron chi connectivity index (χ2n) is 8.62. The molecule has 0 unspecified atom stereocenters. The van der Waals surface area contributed by atoms with Gasteiger partial charge in [-0.1, -0.05) is 31.2 Å². The Morgan fingerprint density at radius 1 is 0.970 bits per heavy atom. The number of nitrogens with zero attached hydrogens (tertiary/aromatic N) is 2. The number of thiophene rings is 1. The summed E-state index contributed by atoms with van der Waals surface area (Å²) < 4.78 is 13.4. The lowest BCUT2D eigenvalue weighted by molar-refractivity contribution is -0.133. The Hall–Kier alpha value is -2.99. The largest absolute Gasteiger partial charge is 0.332 e. The third-order valence-corrected chi connectivity index (χ3v) is 7.11. The number of halogens is 1. The third kappa shape index (κ3) is 5.88. The summed E-state index contributed by atoms with van der Waals surface area (Å²) in [7, 11) is 0. The molecule has 33 heavy (non-hydrogen) atoms. The molecule has 0 saturated heterocycles. The molecule has 1 heterocycles. The van der Waals surface area contributed by atoms with Crippen LogP contribution in [0.4, 0.5) is 4.39 Å². The molecule has 4 rings (SSSR count). The first kappa shape index (κ1) is 23.2. The zero-order valence-corrected chi connectivity index (χ0v) is 19.9. The van der Waals surface area contributed by atoms with Crippen molar-refractivity contribution in [1.29, 1.82) is 0 Å². The molecule has 4 nitrogen and oxygen atoms in total. The van der Waals surface area contributed by atoms with Crippen LogP contribution in [-0.4, -0.2) is 34.2 Å². The van der Waals surface area contributed by atoms with Crippen LogP contribution in [0.1, 0.15) is 51.7 Å². The maximum Gasteiger partial charge on any atom is 0.254 e. The number of aryl methyl sites for hydroxylation is 2. The number of hydrogen-bond donors (Lipinski definition) is 0. The fourth-order valence-electron chi connectivity index (χ4n) is 3.83. The van der Waals surface area contributed by atoms with E-state index in [1.807, 2.05) is 42.6 Å². The summed E-state index contributed by atoms with van der Waals surface area (Å²) in [5.41, 5.74) is 3.80. The van der Waals surface area contributed by atoms with Crippen molar-refractivity contribution in [3.63, 3.8) is 0 Å². The van der Waals surface area contributed by atoms with Crippen LogP contribution < -0.4 is 0 Å². The second kappa shape index (κ2) is 10.3. The number of carbonyl (C=O) groups is 2. The van der Waals surface area contributed by atoms with Crippen molar-refractivity contribution in [2.75, 3.05) is 6.54 Å². The second-order valence-corrected chi connectivity index (χ2v) is 9.62. The van der Waals surface area contributed by atoms with Crippen LogP contribution in [0.3, 0.4) is 0 Å². The predicted molar refractivity (Wildman–Crippen MR) is 130 cm³/mol. The lowest BCUT2D eigenvalue weighted by atomic mass is 10.1. The van der Waals surface area contributed by atoms with Gasteiger partial charge < -0.3 is 9.80 Å². The summed E-state index contributed by atoms with van der Waals surface area (Å²) in [6.45, 7) is 5.00. The van der Waals surface area contributed by atoms with Gasteiger partial charge in [-0.25, -0.2) is 4.39 Å². The normalized spacial score (nSPS) is 13.1. The molecule has 1 fully saturated rings. The SMILES string of the molecule is CCc1ccc(C(=O)N(CC(=O)N(Cc2ccc(F)cc2)Cc2sccc2C)C2CC2)cc1. The van der Waals surface area contributed by atoms with Crippen LogP contribution in [-0.2, 0) is 24.3 Å². The highest BCUT2D eigenvalue weighted by atomic mass is 32.1. The van der Waals surface area contributed by atoms with Gasteiger partial charge in [0.2, 0.25) is 5.91 Å². The molecule has 1 aromatic heterocycles. The van der Waals surface area contributed by atoms with E-state index in [9.17, 15) is 14.0 Å². The third-order valence-electron chi connectivity index (χ3n) is 6.11. The Kier molecular flexibility index (Phi) is 7.23. The smallest absolute Gasteiger partial charge is 0.254 e. The lowest BCUT2D eigenvalue weighted by Gasteiger charge is -2.28. The number of carbonyl (C=O) groups excluding carboxylic acids is 2. The number of hydrogen-bond acceptors (Lipinski definition) is 3. The summed E-state index contributed by atoms with van der Waals surface area (Å²) in [6.07, 6.45) is 2.77. The minimum Gasteiger partial charge on any atom is -0.332 e. The molecule has 3 aromatic rings. The van der Waals surface area contributed by atoms with E-state index in [-0.39, 0.29) is 30.2 Å². The fourth-order valence-corrected chi connectivity index (χ4v) is 4.75. The number of rotatable bonds is 9. The van der Waals surface area contributed by atoms with Crippen molar-refractivity contribution in [2.45, 2.75) is 52.2 Å². The molecule has 0 aliphatic heterocycles. The Bertz CT molecular complexity index is 1100. The zero-order valence-electron chi connectivity index (χ0n) is 19.1. The molecule has 2 aromatic carbocycles. The van der Waals surface area contributed by atoms with Crippen LogP contribution in [0.2, 0.25) is 0 Å². The highest BCUT2D eigenvalue weighted by Gasteiger charge is 2.35. The molecule has 1 aliphatic carbocycles. The Labute approximate surface area is 198 Å². The van der Waals surface area contributed by atoms with Crippen LogP contribution in [0.15, 0.2) is 60.0 Å². The van der Waals surface area contributed by atoms with Crippen LogP contribution in [0.5, 0.6) is 0 Å². The van der Waals surface area contributed by atoms with Crippen molar-refractivity contribution in [3.05, 3.63) is 92.9 Å². The summed E-state index contributed by atoms with van der Waals surface area (Å²) >= 11 is 1.62. The average Bonchev–Trinajstić information content (AvgIpc) is 3.59. The number of benzene rings is 2. The van der Waals surface area contributed by atoms with Crippen molar-refractivity contribution >= 4 is 23.2 Å². The molecule has 172 valence electrons. The molecule has 0 spiro atoms. The standard InChI is InChI=1S/C27H29FN2O2S/c1-3-20-4-8-22(9-5-20)27(32)30(24-12-13-24)18-26(31)29(17-25-19(2)14-15-33-25)16-21-6-10-23(28)11-7-21/h4-11,14-15,24H,3,12-13,16-18H2,1-2H3. The molecule has 1 saturated carbocycles. The average molecular weight is 465 g/mol. The minimum absolute atomic E-state index is 0.0463. The predicted octanol–water partition coefficient (Wildman–Crippen LogP) is 5.59. The fraction of sp³-hybridized carbons (Fsp3) is 0.333. The van der Waals surface area contributed by atoms with Crippen molar-refractivity contribution < 1.29 is 14.0 Å². The first-order chi connectivity index (χ1) is 15.9. The molecule has 0 bridgehead atoms. The summed E-state index contributed by atoms with van der Waals surface area (Å²) in [6, 6.07) is 16.0. The van der Waals surface area contributed by atoms with Gasteiger partial charge in [-0.3, -0.25) is 9.59 Å². The highest BCUT2D eigenvalue weighted by molar-refractivity contribution is 7.10. The monoisotopic (exact) mass is 464 g/mol. The van der Waals surface area contributed by atoms with Gasteiger partial charge >= 0.3 is 0 Å². The Morgan fingerprint density at radius 3 is 2.21 bits per heavy atom. The summed E-state index contributed by atoms with van der Waals surface area (Å²) in [5.74, 6) is -0.495. The Balaban J connectivity index is 1.53. The number of amides is 2. The van der Waals surface area contributed by atoms with Gasteiger partial charge in [-0.2, -0.15) is 0 Å². The van der Waals surface area contributed by atoms with Crippen LogP contribution >= 0.6 is 11.3 Å². The molecule has 6 heteroatoms. The van der Waals surface area contributed by atoms with Gasteiger partial charge in [0.25, 0.3) is 5.91 Å². The maximum atomic E-state index is 13.5. The van der Waals surface area contributed by atoms with E-state index in [0.717, 1.165) is 35.3 Å². The molecule has 0 radical (unpaired) electrons. The molecule has 1 aliphatic rings. The molecule has 0 atom stereocenters. The maximum absolute atomic E-state index is 13.5. The van der Waals surface area contributed by atoms with E-state index in [1.165, 1.54) is 17.7 Å². The minimum atomic E-state index is -0.301. The van der Waals surface area contributed by atoms with Gasteiger partial charge in [0, 0.05) is 23.0 Å². The van der Waals surface area contributed by atoms with Crippen LogP contribution in [0.25, 0.3) is 0 Å². The highest BCUT2D eigenvalue weighted by Crippen LogP contribution is 2.29. The van der Waals surface area contributed by atoms with E-state index in [4.69, 9.17) is 0 Å². The molecule has 0 N–H and O–H groups in total. The van der Waals surface area contributed by atoms with E-state index in [0.29, 0.717) is 18.7 Å².